The van der Waals surface area contributed by atoms with E-state index >= 15 is 0 Å². The summed E-state index contributed by atoms with van der Waals surface area (Å²) in [6, 6.07) is 6.37. The molecule has 0 unspecified atom stereocenters. The molecule has 1 aliphatic heterocycles. The van der Waals surface area contributed by atoms with E-state index in [1.54, 1.807) is 4.57 Å². The van der Waals surface area contributed by atoms with Crippen LogP contribution in [0, 0.1) is 13.8 Å². The molecule has 0 atom stereocenters. The summed E-state index contributed by atoms with van der Waals surface area (Å²) in [5.74, 6) is 0.399. The number of carbonyl (C=O) groups is 1. The number of nitrogens with one attached hydrogen (secondary N) is 1. The predicted molar refractivity (Wildman–Crippen MR) is 109 cm³/mol. The number of hydrogen-bond donors (Lipinski definition) is 1. The Balaban J connectivity index is 1.54. The van der Waals surface area contributed by atoms with Gasteiger partial charge in [0.25, 0.3) is 0 Å². The van der Waals surface area contributed by atoms with E-state index in [2.05, 4.69) is 47.1 Å². The number of benzene rings is 1. The first-order chi connectivity index (χ1) is 13.0. The van der Waals surface area contributed by atoms with Crippen molar-refractivity contribution in [3.8, 4) is 0 Å². The summed E-state index contributed by atoms with van der Waals surface area (Å²) in [7, 11) is 0. The highest BCUT2D eigenvalue weighted by Gasteiger charge is 2.23. The molecule has 27 heavy (non-hydrogen) atoms. The van der Waals surface area contributed by atoms with Crippen LogP contribution < -0.4 is 10.6 Å². The van der Waals surface area contributed by atoms with Crippen LogP contribution in [0.1, 0.15) is 24.5 Å². The summed E-state index contributed by atoms with van der Waals surface area (Å²) < 4.78 is 1.59. The maximum absolute atomic E-state index is 12.6. The van der Waals surface area contributed by atoms with Crippen LogP contribution in [-0.2, 0) is 11.3 Å². The van der Waals surface area contributed by atoms with Crippen molar-refractivity contribution in [2.24, 2.45) is 0 Å². The Morgan fingerprint density at radius 2 is 1.96 bits per heavy atom. The number of anilines is 1. The molecule has 0 spiro atoms. The van der Waals surface area contributed by atoms with Gasteiger partial charge in [-0.05, 0) is 37.5 Å². The van der Waals surface area contributed by atoms with Crippen LogP contribution in [-0.4, -0.2) is 57.5 Å². The number of aromatic nitrogens is 3. The van der Waals surface area contributed by atoms with E-state index in [1.807, 2.05) is 11.8 Å². The van der Waals surface area contributed by atoms with Gasteiger partial charge in [0.15, 0.2) is 5.16 Å². The Morgan fingerprint density at radius 1 is 1.22 bits per heavy atom. The van der Waals surface area contributed by atoms with Crippen LogP contribution in [0.5, 0.6) is 0 Å². The number of hydrogen-bond acceptors (Lipinski definition) is 5. The molecule has 3 rings (SSSR count). The minimum atomic E-state index is -0.214. The van der Waals surface area contributed by atoms with E-state index in [9.17, 15) is 9.59 Å². The lowest BCUT2D eigenvalue weighted by Crippen LogP contribution is -2.49. The van der Waals surface area contributed by atoms with E-state index in [-0.39, 0.29) is 11.6 Å². The molecule has 2 heterocycles. The van der Waals surface area contributed by atoms with E-state index in [1.165, 1.54) is 28.6 Å². The quantitative estimate of drug-likeness (QED) is 0.766. The molecule has 1 fully saturated rings. The Kier molecular flexibility index (Phi) is 6.26. The van der Waals surface area contributed by atoms with Gasteiger partial charge in [-0.3, -0.25) is 9.36 Å². The van der Waals surface area contributed by atoms with Crippen molar-refractivity contribution in [1.29, 1.82) is 0 Å². The van der Waals surface area contributed by atoms with Gasteiger partial charge in [0.1, 0.15) is 0 Å². The van der Waals surface area contributed by atoms with Crippen molar-refractivity contribution >= 4 is 23.4 Å². The van der Waals surface area contributed by atoms with Crippen molar-refractivity contribution in [1.82, 2.24) is 19.7 Å². The molecule has 1 aliphatic rings. The van der Waals surface area contributed by atoms with Gasteiger partial charge in [0.05, 0.1) is 5.75 Å². The number of thioether (sulfide) groups is 1. The minimum absolute atomic E-state index is 0.0964. The number of H-pyrrole nitrogens is 1. The van der Waals surface area contributed by atoms with Gasteiger partial charge < -0.3 is 9.80 Å². The second-order valence-corrected chi connectivity index (χ2v) is 7.78. The highest BCUT2D eigenvalue weighted by atomic mass is 32.2. The topological polar surface area (TPSA) is 74.2 Å². The molecule has 8 heteroatoms. The Hall–Kier alpha value is -2.22. The highest BCUT2D eigenvalue weighted by molar-refractivity contribution is 7.99. The summed E-state index contributed by atoms with van der Waals surface area (Å²) in [6.07, 6.45) is 0.848. The van der Waals surface area contributed by atoms with Gasteiger partial charge >= 0.3 is 5.69 Å². The molecule has 0 saturated carbocycles. The molecule has 1 amide bonds. The summed E-state index contributed by atoms with van der Waals surface area (Å²) in [5, 5.41) is 7.08. The fraction of sp³-hybridized carbons (Fsp3) is 0.526. The van der Waals surface area contributed by atoms with Gasteiger partial charge in [-0.1, -0.05) is 30.8 Å². The molecule has 1 N–H and O–H groups in total. The zero-order valence-corrected chi connectivity index (χ0v) is 17.0. The molecular weight excluding hydrogens is 362 g/mol. The van der Waals surface area contributed by atoms with Crippen LogP contribution in [0.3, 0.4) is 0 Å². The number of aromatic amines is 1. The standard InChI is InChI=1S/C19H27N5O2S/c1-4-8-24-18(26)20-21-19(24)27-13-17(25)23-11-9-22(10-12-23)16-7-5-6-14(2)15(16)3/h5-7H,4,8-13H2,1-3H3,(H,20,26). The lowest BCUT2D eigenvalue weighted by molar-refractivity contribution is -0.128. The van der Waals surface area contributed by atoms with E-state index < -0.39 is 0 Å². The SMILES string of the molecule is CCCn1c(SCC(=O)N2CCN(c3cccc(C)c3C)CC2)n[nH]c1=O. The first-order valence-corrected chi connectivity index (χ1v) is 10.4. The van der Waals surface area contributed by atoms with Crippen molar-refractivity contribution in [3.05, 3.63) is 39.8 Å². The van der Waals surface area contributed by atoms with Crippen molar-refractivity contribution in [2.45, 2.75) is 38.9 Å². The fourth-order valence-corrected chi connectivity index (χ4v) is 4.20. The smallest absolute Gasteiger partial charge is 0.343 e. The average Bonchev–Trinajstić information content (AvgIpc) is 3.02. The van der Waals surface area contributed by atoms with Gasteiger partial charge in [0, 0.05) is 38.4 Å². The van der Waals surface area contributed by atoms with Gasteiger partial charge in [-0.25, -0.2) is 9.89 Å². The van der Waals surface area contributed by atoms with Crippen LogP contribution in [0.4, 0.5) is 5.69 Å². The highest BCUT2D eigenvalue weighted by Crippen LogP contribution is 2.24. The molecule has 146 valence electrons. The lowest BCUT2D eigenvalue weighted by Gasteiger charge is -2.37. The molecule has 0 aliphatic carbocycles. The number of carbonyl (C=O) groups excluding carboxylic acids is 1. The normalized spacial score (nSPS) is 14.6. The predicted octanol–water partition coefficient (Wildman–Crippen LogP) is 2.04. The summed E-state index contributed by atoms with van der Waals surface area (Å²) in [6.45, 7) is 10.0. The fourth-order valence-electron chi connectivity index (χ4n) is 3.33. The van der Waals surface area contributed by atoms with Gasteiger partial charge in [-0.2, -0.15) is 0 Å². The van der Waals surface area contributed by atoms with E-state index in [4.69, 9.17) is 0 Å². The number of rotatable bonds is 6. The molecule has 0 radical (unpaired) electrons. The second-order valence-electron chi connectivity index (χ2n) is 6.84. The van der Waals surface area contributed by atoms with Crippen LogP contribution >= 0.6 is 11.8 Å². The number of piperazine rings is 1. The number of nitrogens with zero attached hydrogens (tertiary/aromatic N) is 4. The Labute approximate surface area is 163 Å². The maximum atomic E-state index is 12.6. The second kappa shape index (κ2) is 8.65. The Bertz CT molecular complexity index is 852. The molecule has 0 bridgehead atoms. The number of amides is 1. The van der Waals surface area contributed by atoms with Gasteiger partial charge in [0.2, 0.25) is 5.91 Å². The largest absolute Gasteiger partial charge is 0.368 e. The Morgan fingerprint density at radius 3 is 2.67 bits per heavy atom. The van der Waals surface area contributed by atoms with Crippen molar-refractivity contribution in [2.75, 3.05) is 36.8 Å². The third-order valence-corrected chi connectivity index (χ3v) is 6.01. The van der Waals surface area contributed by atoms with Crippen molar-refractivity contribution in [3.63, 3.8) is 0 Å². The zero-order valence-electron chi connectivity index (χ0n) is 16.2. The lowest BCUT2D eigenvalue weighted by atomic mass is 10.1. The third kappa shape index (κ3) is 4.37. The molecule has 2 aromatic rings. The first kappa shape index (κ1) is 19.5. The van der Waals surface area contributed by atoms with Crippen LogP contribution in [0.25, 0.3) is 0 Å². The average molecular weight is 390 g/mol. The van der Waals surface area contributed by atoms with Crippen molar-refractivity contribution < 1.29 is 4.79 Å². The molecule has 7 nitrogen and oxygen atoms in total. The minimum Gasteiger partial charge on any atom is -0.368 e. The molecule has 1 aromatic heterocycles. The van der Waals surface area contributed by atoms with Crippen LogP contribution in [0.15, 0.2) is 28.2 Å². The summed E-state index contributed by atoms with van der Waals surface area (Å²) in [5.41, 5.74) is 3.64. The monoisotopic (exact) mass is 389 g/mol. The van der Waals surface area contributed by atoms with Crippen LogP contribution in [0.2, 0.25) is 0 Å². The number of aryl methyl sites for hydroxylation is 1. The zero-order chi connectivity index (χ0) is 19.4. The maximum Gasteiger partial charge on any atom is 0.343 e. The van der Waals surface area contributed by atoms with E-state index in [0.717, 1.165) is 32.6 Å². The molecular formula is C19H27N5O2S. The molecule has 1 saturated heterocycles. The van der Waals surface area contributed by atoms with Gasteiger partial charge in [-0.15, -0.1) is 5.10 Å². The summed E-state index contributed by atoms with van der Waals surface area (Å²) >= 11 is 1.33. The molecule has 1 aromatic carbocycles. The van der Waals surface area contributed by atoms with E-state index in [0.29, 0.717) is 17.5 Å². The first-order valence-electron chi connectivity index (χ1n) is 9.38. The third-order valence-electron chi connectivity index (χ3n) is 5.04. The summed E-state index contributed by atoms with van der Waals surface area (Å²) in [4.78, 5) is 28.6.